The maximum absolute atomic E-state index is 13.1. The van der Waals surface area contributed by atoms with E-state index in [1.54, 1.807) is 19.1 Å². The molecule has 0 saturated heterocycles. The maximum Gasteiger partial charge on any atom is 0.413 e. The van der Waals surface area contributed by atoms with Gasteiger partial charge in [-0.2, -0.15) is 0 Å². The van der Waals surface area contributed by atoms with E-state index in [2.05, 4.69) is 20.0 Å². The maximum atomic E-state index is 13.1. The molecule has 2 amide bonds. The lowest BCUT2D eigenvalue weighted by Gasteiger charge is -2.10. The number of hydrogen-bond donors (Lipinski definition) is 1. The Kier molecular flexibility index (Phi) is 5.48. The predicted molar refractivity (Wildman–Crippen MR) is 98.7 cm³/mol. The summed E-state index contributed by atoms with van der Waals surface area (Å²) in [6, 6.07) is 8.11. The molecule has 0 aliphatic heterocycles. The van der Waals surface area contributed by atoms with Crippen LogP contribution in [0.25, 0.3) is 20.7 Å². The van der Waals surface area contributed by atoms with Gasteiger partial charge in [-0.05, 0) is 30.7 Å². The number of carbonyl (C=O) groups is 2. The van der Waals surface area contributed by atoms with Crippen LogP contribution in [0.15, 0.2) is 41.7 Å². The number of thioether (sulfide) groups is 1. The van der Waals surface area contributed by atoms with Gasteiger partial charge in [0.15, 0.2) is 0 Å². The van der Waals surface area contributed by atoms with Crippen molar-refractivity contribution in [3.63, 3.8) is 0 Å². The molecule has 1 atom stereocenters. The average Bonchev–Trinajstić information content (AvgIpc) is 3.07. The van der Waals surface area contributed by atoms with Crippen LogP contribution in [0.4, 0.5) is 9.18 Å². The molecule has 0 unspecified atom stereocenters. The van der Waals surface area contributed by atoms with Gasteiger partial charge in [0.25, 0.3) is 0 Å². The van der Waals surface area contributed by atoms with Crippen LogP contribution in [0, 0.1) is 5.82 Å². The first-order valence-corrected chi connectivity index (χ1v) is 9.23. The smallest absolute Gasteiger partial charge is 0.413 e. The first-order chi connectivity index (χ1) is 12.5. The van der Waals surface area contributed by atoms with Gasteiger partial charge in [-0.3, -0.25) is 10.1 Å². The minimum absolute atomic E-state index is 0.295. The van der Waals surface area contributed by atoms with Crippen LogP contribution in [0.3, 0.4) is 0 Å². The first kappa shape index (κ1) is 18.3. The molecule has 1 aromatic carbocycles. The third-order valence-electron chi connectivity index (χ3n) is 3.48. The molecule has 6 nitrogen and oxygen atoms in total. The monoisotopic (exact) mass is 391 g/mol. The molecule has 0 bridgehead atoms. The van der Waals surface area contributed by atoms with Crippen molar-refractivity contribution in [1.29, 1.82) is 0 Å². The van der Waals surface area contributed by atoms with Crippen molar-refractivity contribution in [3.05, 3.63) is 42.5 Å². The van der Waals surface area contributed by atoms with Crippen LogP contribution in [-0.4, -0.2) is 34.3 Å². The number of nitrogens with one attached hydrogen (secondary N) is 1. The van der Waals surface area contributed by atoms with Crippen molar-refractivity contribution in [3.8, 4) is 10.4 Å². The van der Waals surface area contributed by atoms with E-state index in [0.29, 0.717) is 5.03 Å². The van der Waals surface area contributed by atoms with Gasteiger partial charge in [-0.25, -0.2) is 19.2 Å². The predicted octanol–water partition coefficient (Wildman–Crippen LogP) is 3.86. The molecule has 0 aliphatic carbocycles. The lowest BCUT2D eigenvalue weighted by Crippen LogP contribution is -2.35. The van der Waals surface area contributed by atoms with E-state index in [9.17, 15) is 14.0 Å². The summed E-state index contributed by atoms with van der Waals surface area (Å²) in [5.74, 6) is -0.764. The average molecular weight is 391 g/mol. The van der Waals surface area contributed by atoms with Gasteiger partial charge in [0.2, 0.25) is 5.91 Å². The van der Waals surface area contributed by atoms with Crippen LogP contribution in [0.2, 0.25) is 0 Å². The van der Waals surface area contributed by atoms with Crippen LogP contribution < -0.4 is 5.32 Å². The standard InChI is InChI=1S/C17H14FN3O3S2/c1-9(15(22)21-17(23)24-2)25-16-14-12(19-8-20-16)7-13(26-14)10-3-5-11(18)6-4-10/h3-9H,1-2H3,(H,21,22,23)/t9-/m0/s1. The molecule has 26 heavy (non-hydrogen) atoms. The second kappa shape index (κ2) is 7.79. The zero-order chi connectivity index (χ0) is 18.7. The van der Waals surface area contributed by atoms with E-state index >= 15 is 0 Å². The summed E-state index contributed by atoms with van der Waals surface area (Å²) in [7, 11) is 1.19. The highest BCUT2D eigenvalue weighted by atomic mass is 32.2. The first-order valence-electron chi connectivity index (χ1n) is 7.54. The lowest BCUT2D eigenvalue weighted by molar-refractivity contribution is -0.119. The fourth-order valence-corrected chi connectivity index (χ4v) is 4.24. The molecule has 2 heterocycles. The van der Waals surface area contributed by atoms with E-state index in [1.165, 1.54) is 48.7 Å². The number of aromatic nitrogens is 2. The van der Waals surface area contributed by atoms with Crippen molar-refractivity contribution >= 4 is 45.3 Å². The van der Waals surface area contributed by atoms with E-state index in [1.807, 2.05) is 6.07 Å². The van der Waals surface area contributed by atoms with Gasteiger partial charge < -0.3 is 4.74 Å². The van der Waals surface area contributed by atoms with Crippen molar-refractivity contribution in [2.24, 2.45) is 0 Å². The van der Waals surface area contributed by atoms with Gasteiger partial charge in [-0.15, -0.1) is 11.3 Å². The van der Waals surface area contributed by atoms with Crippen LogP contribution >= 0.6 is 23.1 Å². The zero-order valence-electron chi connectivity index (χ0n) is 13.9. The number of imide groups is 1. The largest absolute Gasteiger partial charge is 0.453 e. The number of methoxy groups -OCH3 is 1. The summed E-state index contributed by atoms with van der Waals surface area (Å²) in [6.07, 6.45) is 0.626. The Morgan fingerprint density at radius 3 is 2.69 bits per heavy atom. The second-order valence-electron chi connectivity index (χ2n) is 5.25. The number of hydrogen-bond acceptors (Lipinski definition) is 7. The topological polar surface area (TPSA) is 81.2 Å². The Morgan fingerprint density at radius 2 is 2.00 bits per heavy atom. The van der Waals surface area contributed by atoms with Gasteiger partial charge in [0.1, 0.15) is 17.2 Å². The highest BCUT2D eigenvalue weighted by Crippen LogP contribution is 2.38. The number of alkyl carbamates (subject to hydrolysis) is 1. The fourth-order valence-electron chi connectivity index (χ4n) is 2.15. The van der Waals surface area contributed by atoms with Crippen LogP contribution in [0.1, 0.15) is 6.92 Å². The number of carbonyl (C=O) groups excluding carboxylic acids is 2. The van der Waals surface area contributed by atoms with Crippen molar-refractivity contribution in [2.45, 2.75) is 17.2 Å². The van der Waals surface area contributed by atoms with Crippen molar-refractivity contribution in [1.82, 2.24) is 15.3 Å². The molecule has 3 aromatic rings. The number of thiophene rings is 1. The third-order valence-corrected chi connectivity index (χ3v) is 5.89. The second-order valence-corrected chi connectivity index (χ2v) is 7.63. The lowest BCUT2D eigenvalue weighted by atomic mass is 10.2. The highest BCUT2D eigenvalue weighted by Gasteiger charge is 2.20. The Bertz CT molecular complexity index is 960. The molecule has 3 rings (SSSR count). The summed E-state index contributed by atoms with van der Waals surface area (Å²) in [5, 5.41) is 2.23. The highest BCUT2D eigenvalue weighted by molar-refractivity contribution is 8.00. The summed E-state index contributed by atoms with van der Waals surface area (Å²) in [6.45, 7) is 1.67. The molecule has 0 aliphatic rings. The Labute approximate surface area is 156 Å². The molecule has 0 saturated carbocycles. The van der Waals surface area contributed by atoms with E-state index < -0.39 is 17.3 Å². The summed E-state index contributed by atoms with van der Waals surface area (Å²) in [5.41, 5.74) is 1.62. The Morgan fingerprint density at radius 1 is 1.27 bits per heavy atom. The Balaban J connectivity index is 1.86. The number of halogens is 1. The molecular formula is C17H14FN3O3S2. The molecule has 0 radical (unpaired) electrons. The summed E-state index contributed by atoms with van der Waals surface area (Å²) in [4.78, 5) is 32.6. The number of ether oxygens (including phenoxy) is 1. The number of amides is 2. The number of nitrogens with zero attached hydrogens (tertiary/aromatic N) is 2. The molecule has 2 aromatic heterocycles. The summed E-state index contributed by atoms with van der Waals surface area (Å²) >= 11 is 2.69. The minimum Gasteiger partial charge on any atom is -0.453 e. The van der Waals surface area contributed by atoms with Gasteiger partial charge in [0.05, 0.1) is 22.6 Å². The van der Waals surface area contributed by atoms with Crippen molar-refractivity contribution < 1.29 is 18.7 Å². The molecule has 0 spiro atoms. The van der Waals surface area contributed by atoms with Crippen molar-refractivity contribution in [2.75, 3.05) is 7.11 Å². The van der Waals surface area contributed by atoms with Crippen LogP contribution in [0.5, 0.6) is 0 Å². The fraction of sp³-hybridized carbons (Fsp3) is 0.176. The van der Waals surface area contributed by atoms with E-state index in [4.69, 9.17) is 0 Å². The SMILES string of the molecule is COC(=O)NC(=O)[C@H](C)Sc1ncnc2cc(-c3ccc(F)cc3)sc12. The minimum atomic E-state index is -0.801. The van der Waals surface area contributed by atoms with Gasteiger partial charge in [-0.1, -0.05) is 23.9 Å². The van der Waals surface area contributed by atoms with E-state index in [0.717, 1.165) is 20.7 Å². The van der Waals surface area contributed by atoms with Gasteiger partial charge in [0, 0.05) is 4.88 Å². The quantitative estimate of drug-likeness (QED) is 0.537. The number of rotatable bonds is 4. The molecule has 1 N–H and O–H groups in total. The molecule has 9 heteroatoms. The molecular weight excluding hydrogens is 377 g/mol. The third kappa shape index (κ3) is 4.00. The van der Waals surface area contributed by atoms with E-state index in [-0.39, 0.29) is 5.82 Å². The van der Waals surface area contributed by atoms with Crippen LogP contribution in [-0.2, 0) is 9.53 Å². The Hall–Kier alpha value is -2.52. The molecule has 0 fully saturated rings. The number of benzene rings is 1. The zero-order valence-corrected chi connectivity index (χ0v) is 15.5. The normalized spacial score (nSPS) is 12.0. The number of fused-ring (bicyclic) bond motifs is 1. The van der Waals surface area contributed by atoms with Gasteiger partial charge >= 0.3 is 6.09 Å². The molecule has 134 valence electrons. The summed E-state index contributed by atoms with van der Waals surface area (Å²) < 4.78 is 18.4.